The number of phenolic OH excluding ortho intramolecular Hbond substituents is 1. The van der Waals surface area contributed by atoms with E-state index < -0.39 is 5.54 Å². The summed E-state index contributed by atoms with van der Waals surface area (Å²) in [7, 11) is 5.19. The van der Waals surface area contributed by atoms with Crippen molar-refractivity contribution < 1.29 is 23.8 Å². The Kier molecular flexibility index (Phi) is 5.89. The van der Waals surface area contributed by atoms with E-state index in [4.69, 9.17) is 9.47 Å². The molecule has 0 unspecified atom stereocenters. The fourth-order valence-electron chi connectivity index (χ4n) is 4.41. The molecule has 34 heavy (non-hydrogen) atoms. The number of halogens is 1. The molecule has 0 spiro atoms. The van der Waals surface area contributed by atoms with E-state index >= 15 is 0 Å². The van der Waals surface area contributed by atoms with Crippen LogP contribution >= 0.6 is 0 Å². The fraction of sp³-hybridized carbons (Fsp3) is 0.296. The Morgan fingerprint density at radius 3 is 2.41 bits per heavy atom. The number of aromatic hydroxyl groups is 1. The lowest BCUT2D eigenvalue weighted by Crippen LogP contribution is -2.58. The molecule has 0 bridgehead atoms. The normalized spacial score (nSPS) is 14.7. The van der Waals surface area contributed by atoms with Gasteiger partial charge in [0.2, 0.25) is 0 Å². The Bertz CT molecular complexity index is 1270. The number of hydrogen-bond donors (Lipinski definition) is 1. The van der Waals surface area contributed by atoms with Gasteiger partial charge in [-0.25, -0.2) is 4.39 Å². The summed E-state index contributed by atoms with van der Waals surface area (Å²) in [5, 5.41) is 9.95. The van der Waals surface area contributed by atoms with Crippen molar-refractivity contribution >= 4 is 17.3 Å². The Morgan fingerprint density at radius 2 is 1.71 bits per heavy atom. The van der Waals surface area contributed by atoms with Gasteiger partial charge in [0, 0.05) is 37.4 Å². The van der Waals surface area contributed by atoms with Crippen LogP contribution in [0.1, 0.15) is 25.0 Å². The molecular weight excluding hydrogens is 435 g/mol. The van der Waals surface area contributed by atoms with Gasteiger partial charge in [-0.05, 0) is 56.2 Å². The van der Waals surface area contributed by atoms with E-state index in [0.29, 0.717) is 17.2 Å². The lowest BCUT2D eigenvalue weighted by atomic mass is 9.90. The third-order valence-corrected chi connectivity index (χ3v) is 6.62. The molecular formula is C27H29FN2O4. The van der Waals surface area contributed by atoms with E-state index in [2.05, 4.69) is 0 Å². The monoisotopic (exact) mass is 464 g/mol. The number of carbonyl (C=O) groups is 1. The Morgan fingerprint density at radius 1 is 1.00 bits per heavy atom. The highest BCUT2D eigenvalue weighted by Gasteiger charge is 2.42. The number of carbonyl (C=O) groups excluding carboxylic acids is 1. The number of likely N-dealkylation sites (N-methyl/N-ethyl adjacent to an activating group) is 2. The third kappa shape index (κ3) is 3.81. The van der Waals surface area contributed by atoms with E-state index in [1.54, 1.807) is 36.2 Å². The zero-order valence-corrected chi connectivity index (χ0v) is 20.3. The molecule has 178 valence electrons. The molecule has 0 aliphatic carbocycles. The SMILES string of the molecule is COc1cc(O)ccc1-c1ccc2c(c1COc1cc(F)ccc1C)N(C)C(=O)C(C)(C)N2C. The maximum atomic E-state index is 13.9. The van der Waals surface area contributed by atoms with Crippen molar-refractivity contribution in [2.75, 3.05) is 31.0 Å². The predicted octanol–water partition coefficient (Wildman–Crippen LogP) is 5.29. The number of benzene rings is 3. The van der Waals surface area contributed by atoms with Crippen molar-refractivity contribution in [2.24, 2.45) is 0 Å². The highest BCUT2D eigenvalue weighted by Crippen LogP contribution is 2.46. The zero-order valence-electron chi connectivity index (χ0n) is 20.3. The Balaban J connectivity index is 1.93. The average molecular weight is 465 g/mol. The van der Waals surface area contributed by atoms with Gasteiger partial charge in [-0.3, -0.25) is 4.79 Å². The van der Waals surface area contributed by atoms with E-state index in [0.717, 1.165) is 27.9 Å². The van der Waals surface area contributed by atoms with Crippen molar-refractivity contribution in [2.45, 2.75) is 32.9 Å². The van der Waals surface area contributed by atoms with Crippen LogP contribution in [0.25, 0.3) is 11.1 Å². The molecule has 1 N–H and O–H groups in total. The summed E-state index contributed by atoms with van der Waals surface area (Å²) in [5.74, 6) is 0.562. The molecule has 1 amide bonds. The summed E-state index contributed by atoms with van der Waals surface area (Å²) in [5.41, 5.74) is 3.96. The van der Waals surface area contributed by atoms with Crippen molar-refractivity contribution in [3.05, 3.63) is 65.5 Å². The molecule has 3 aromatic carbocycles. The minimum Gasteiger partial charge on any atom is -0.508 e. The van der Waals surface area contributed by atoms with Crippen LogP contribution in [0.4, 0.5) is 15.8 Å². The van der Waals surface area contributed by atoms with Gasteiger partial charge in [-0.15, -0.1) is 0 Å². The van der Waals surface area contributed by atoms with Crippen LogP contribution in [0.5, 0.6) is 17.2 Å². The lowest BCUT2D eigenvalue weighted by molar-refractivity contribution is -0.122. The summed E-state index contributed by atoms with van der Waals surface area (Å²) in [6.45, 7) is 5.72. The summed E-state index contributed by atoms with van der Waals surface area (Å²) in [6.07, 6.45) is 0. The van der Waals surface area contributed by atoms with Crippen molar-refractivity contribution in [1.29, 1.82) is 0 Å². The molecule has 3 aromatic rings. The maximum Gasteiger partial charge on any atom is 0.252 e. The third-order valence-electron chi connectivity index (χ3n) is 6.62. The Labute approximate surface area is 199 Å². The van der Waals surface area contributed by atoms with Crippen LogP contribution in [-0.4, -0.2) is 37.8 Å². The molecule has 1 aliphatic rings. The minimum atomic E-state index is -0.725. The fourth-order valence-corrected chi connectivity index (χ4v) is 4.41. The number of nitrogens with zero attached hydrogens (tertiary/aromatic N) is 2. The van der Waals surface area contributed by atoms with Gasteiger partial charge in [-0.2, -0.15) is 0 Å². The molecule has 0 aromatic heterocycles. The summed E-state index contributed by atoms with van der Waals surface area (Å²) >= 11 is 0. The first-order valence-corrected chi connectivity index (χ1v) is 11.0. The molecule has 0 radical (unpaired) electrons. The van der Waals surface area contributed by atoms with E-state index in [-0.39, 0.29) is 24.1 Å². The molecule has 4 rings (SSSR count). The van der Waals surface area contributed by atoms with Crippen LogP contribution < -0.4 is 19.3 Å². The summed E-state index contributed by atoms with van der Waals surface area (Å²) in [6, 6.07) is 13.2. The average Bonchev–Trinajstić information content (AvgIpc) is 2.81. The number of ether oxygens (including phenoxy) is 2. The summed E-state index contributed by atoms with van der Waals surface area (Å²) in [4.78, 5) is 16.9. The molecule has 0 fully saturated rings. The number of aryl methyl sites for hydroxylation is 1. The lowest BCUT2D eigenvalue weighted by Gasteiger charge is -2.46. The molecule has 0 saturated carbocycles. The number of fused-ring (bicyclic) bond motifs is 1. The molecule has 6 nitrogen and oxygen atoms in total. The van der Waals surface area contributed by atoms with Gasteiger partial charge in [0.15, 0.2) is 0 Å². The van der Waals surface area contributed by atoms with Gasteiger partial charge < -0.3 is 24.4 Å². The van der Waals surface area contributed by atoms with Crippen LogP contribution in [0.2, 0.25) is 0 Å². The number of methoxy groups -OCH3 is 1. The van der Waals surface area contributed by atoms with Gasteiger partial charge in [0.1, 0.15) is 35.2 Å². The number of anilines is 2. The van der Waals surface area contributed by atoms with Crippen molar-refractivity contribution in [3.8, 4) is 28.4 Å². The molecule has 0 saturated heterocycles. The predicted molar refractivity (Wildman–Crippen MR) is 131 cm³/mol. The zero-order chi connectivity index (χ0) is 24.8. The number of hydrogen-bond acceptors (Lipinski definition) is 5. The quantitative estimate of drug-likeness (QED) is 0.556. The minimum absolute atomic E-state index is 0.0551. The van der Waals surface area contributed by atoms with E-state index in [1.165, 1.54) is 19.2 Å². The number of rotatable bonds is 5. The standard InChI is InChI=1S/C27H29FN2O4/c1-16-7-8-17(28)13-23(16)34-15-21-19(20-10-9-18(31)14-24(20)33-6)11-12-22-25(21)29(4)26(32)27(2,3)30(22)5/h7-14,31H,15H2,1-6H3. The first-order chi connectivity index (χ1) is 16.1. The van der Waals surface area contributed by atoms with Crippen LogP contribution in [0.3, 0.4) is 0 Å². The number of amides is 1. The second-order valence-electron chi connectivity index (χ2n) is 9.02. The molecule has 7 heteroatoms. The van der Waals surface area contributed by atoms with Gasteiger partial charge in [0.05, 0.1) is 18.5 Å². The highest BCUT2D eigenvalue weighted by atomic mass is 19.1. The first-order valence-electron chi connectivity index (χ1n) is 11.0. The van der Waals surface area contributed by atoms with E-state index in [9.17, 15) is 14.3 Å². The Hall–Kier alpha value is -3.74. The smallest absolute Gasteiger partial charge is 0.252 e. The van der Waals surface area contributed by atoms with Gasteiger partial charge in [0.25, 0.3) is 5.91 Å². The molecule has 1 heterocycles. The van der Waals surface area contributed by atoms with Crippen molar-refractivity contribution in [1.82, 2.24) is 0 Å². The maximum absolute atomic E-state index is 13.9. The summed E-state index contributed by atoms with van der Waals surface area (Å²) < 4.78 is 25.5. The van der Waals surface area contributed by atoms with Crippen LogP contribution in [0.15, 0.2) is 48.5 Å². The van der Waals surface area contributed by atoms with E-state index in [1.807, 2.05) is 44.9 Å². The largest absolute Gasteiger partial charge is 0.508 e. The number of phenols is 1. The van der Waals surface area contributed by atoms with Crippen LogP contribution in [0, 0.1) is 12.7 Å². The molecule has 0 atom stereocenters. The van der Waals surface area contributed by atoms with Gasteiger partial charge >= 0.3 is 0 Å². The second kappa shape index (κ2) is 8.56. The topological polar surface area (TPSA) is 62.2 Å². The molecule has 1 aliphatic heterocycles. The van der Waals surface area contributed by atoms with Crippen LogP contribution in [-0.2, 0) is 11.4 Å². The van der Waals surface area contributed by atoms with Gasteiger partial charge in [-0.1, -0.05) is 12.1 Å². The first kappa shape index (κ1) is 23.4. The highest BCUT2D eigenvalue weighted by molar-refractivity contribution is 6.09. The van der Waals surface area contributed by atoms with Crippen molar-refractivity contribution in [3.63, 3.8) is 0 Å². The second-order valence-corrected chi connectivity index (χ2v) is 9.02.